The molecule has 2 N–H and O–H groups in total. The summed E-state index contributed by atoms with van der Waals surface area (Å²) in [4.78, 5) is 21.8. The molecule has 0 aromatic carbocycles. The summed E-state index contributed by atoms with van der Waals surface area (Å²) in [6, 6.07) is 0. The van der Waals surface area contributed by atoms with Crippen LogP contribution in [-0.4, -0.2) is 44.5 Å². The molecule has 2 aromatic rings. The lowest BCUT2D eigenvalue weighted by Gasteiger charge is -2.20. The highest BCUT2D eigenvalue weighted by molar-refractivity contribution is 7.99. The number of nitrogens with one attached hydrogen (secondary N) is 2. The van der Waals surface area contributed by atoms with E-state index >= 15 is 0 Å². The minimum Gasteiger partial charge on any atom is -0.369 e. The summed E-state index contributed by atoms with van der Waals surface area (Å²) in [5.41, 5.74) is 0.830. The van der Waals surface area contributed by atoms with E-state index in [9.17, 15) is 4.79 Å². The van der Waals surface area contributed by atoms with Crippen molar-refractivity contribution < 1.29 is 4.79 Å². The number of thioether (sulfide) groups is 1. The minimum atomic E-state index is 0.159. The number of fused-ring (bicyclic) bond motifs is 1. The molecule has 2 aromatic heterocycles. The third-order valence-electron chi connectivity index (χ3n) is 5.43. The van der Waals surface area contributed by atoms with Gasteiger partial charge in [-0.15, -0.1) is 0 Å². The van der Waals surface area contributed by atoms with Gasteiger partial charge in [0, 0.05) is 25.3 Å². The molecular weight excluding hydrogens is 396 g/mol. The van der Waals surface area contributed by atoms with Crippen LogP contribution in [0.3, 0.4) is 0 Å². The zero-order valence-corrected chi connectivity index (χ0v) is 19.4. The number of hydrogen-bond donors (Lipinski definition) is 2. The van der Waals surface area contributed by atoms with Crippen molar-refractivity contribution in [2.24, 2.45) is 11.8 Å². The van der Waals surface area contributed by atoms with Crippen molar-refractivity contribution in [2.75, 3.05) is 24.2 Å². The Morgan fingerprint density at radius 1 is 1.27 bits per heavy atom. The predicted octanol–water partition coefficient (Wildman–Crippen LogP) is 4.48. The molecule has 0 saturated heterocycles. The van der Waals surface area contributed by atoms with E-state index in [1.165, 1.54) is 32.1 Å². The van der Waals surface area contributed by atoms with Gasteiger partial charge in [-0.3, -0.25) is 4.79 Å². The van der Waals surface area contributed by atoms with Crippen molar-refractivity contribution in [1.82, 2.24) is 25.1 Å². The number of rotatable bonds is 11. The highest BCUT2D eigenvalue weighted by Gasteiger charge is 2.17. The van der Waals surface area contributed by atoms with Crippen molar-refractivity contribution in [3.8, 4) is 0 Å². The van der Waals surface area contributed by atoms with Gasteiger partial charge in [-0.25, -0.2) is 14.6 Å². The van der Waals surface area contributed by atoms with Crippen molar-refractivity contribution in [3.63, 3.8) is 0 Å². The van der Waals surface area contributed by atoms with Gasteiger partial charge in [0.25, 0.3) is 0 Å². The highest BCUT2D eigenvalue weighted by atomic mass is 32.2. The van der Waals surface area contributed by atoms with Gasteiger partial charge in [-0.1, -0.05) is 51.8 Å². The Kier molecular flexibility index (Phi) is 8.78. The van der Waals surface area contributed by atoms with Gasteiger partial charge in [-0.2, -0.15) is 5.10 Å². The number of hydrogen-bond acceptors (Lipinski definition) is 6. The number of aromatic nitrogens is 4. The molecule has 0 bridgehead atoms. The second kappa shape index (κ2) is 11.5. The molecule has 1 aliphatic rings. The second-order valence-corrected chi connectivity index (χ2v) is 9.70. The molecule has 1 amide bonds. The summed E-state index contributed by atoms with van der Waals surface area (Å²) < 4.78 is 1.88. The first kappa shape index (κ1) is 22.8. The van der Waals surface area contributed by atoms with Gasteiger partial charge >= 0.3 is 0 Å². The molecule has 1 fully saturated rings. The lowest BCUT2D eigenvalue weighted by Crippen LogP contribution is -2.29. The molecule has 166 valence electrons. The quantitative estimate of drug-likeness (QED) is 0.402. The summed E-state index contributed by atoms with van der Waals surface area (Å²) in [6.45, 7) is 8.54. The number of nitrogens with zero attached hydrogens (tertiary/aromatic N) is 4. The summed E-state index contributed by atoms with van der Waals surface area (Å²) in [5.74, 6) is 3.08. The van der Waals surface area contributed by atoms with E-state index in [0.29, 0.717) is 31.3 Å². The molecular formula is C22H36N6OS. The highest BCUT2D eigenvalue weighted by Crippen LogP contribution is 2.26. The van der Waals surface area contributed by atoms with E-state index < -0.39 is 0 Å². The predicted molar refractivity (Wildman–Crippen MR) is 124 cm³/mol. The van der Waals surface area contributed by atoms with Crippen LogP contribution >= 0.6 is 11.8 Å². The minimum absolute atomic E-state index is 0.159. The fourth-order valence-electron chi connectivity index (χ4n) is 3.82. The molecule has 8 heteroatoms. The zero-order chi connectivity index (χ0) is 21.3. The van der Waals surface area contributed by atoms with E-state index in [0.717, 1.165) is 40.7 Å². The fourth-order valence-corrected chi connectivity index (χ4v) is 4.51. The third-order valence-corrected chi connectivity index (χ3v) is 6.49. The lowest BCUT2D eigenvalue weighted by atomic mass is 9.87. The van der Waals surface area contributed by atoms with E-state index in [4.69, 9.17) is 9.97 Å². The van der Waals surface area contributed by atoms with E-state index in [-0.39, 0.29) is 5.91 Å². The number of amides is 1. The van der Waals surface area contributed by atoms with Gasteiger partial charge in [0.15, 0.2) is 10.8 Å². The molecule has 0 aliphatic heterocycles. The number of anilines is 1. The van der Waals surface area contributed by atoms with Gasteiger partial charge in [0.2, 0.25) is 5.91 Å². The van der Waals surface area contributed by atoms with Crippen molar-refractivity contribution in [2.45, 2.75) is 77.4 Å². The maximum absolute atomic E-state index is 12.3. The smallest absolute Gasteiger partial charge is 0.220 e. The molecule has 1 saturated carbocycles. The lowest BCUT2D eigenvalue weighted by molar-refractivity contribution is -0.122. The first-order valence-electron chi connectivity index (χ1n) is 11.4. The Labute approximate surface area is 184 Å². The van der Waals surface area contributed by atoms with E-state index in [1.54, 1.807) is 11.8 Å². The van der Waals surface area contributed by atoms with Gasteiger partial charge in [0.05, 0.1) is 18.1 Å². The Bertz CT molecular complexity index is 815. The standard InChI is InChI=1S/C22H36N6OS/c1-4-12-30-22-26-20(24-14-16(2)3)18-15-25-28(21(18)27-22)11-10-23-19(29)13-17-8-6-5-7-9-17/h15-17H,4-14H2,1-3H3,(H,23,29)(H,24,26,27). The molecule has 0 atom stereocenters. The van der Waals surface area contributed by atoms with Gasteiger partial charge < -0.3 is 10.6 Å². The topological polar surface area (TPSA) is 84.7 Å². The largest absolute Gasteiger partial charge is 0.369 e. The van der Waals surface area contributed by atoms with Crippen LogP contribution in [0.5, 0.6) is 0 Å². The number of carbonyl (C=O) groups excluding carboxylic acids is 1. The molecule has 0 unspecified atom stereocenters. The van der Waals surface area contributed by atoms with Crippen LogP contribution in [-0.2, 0) is 11.3 Å². The first-order chi connectivity index (χ1) is 14.6. The summed E-state index contributed by atoms with van der Waals surface area (Å²) in [5, 5.41) is 12.8. The normalized spacial score (nSPS) is 15.1. The summed E-state index contributed by atoms with van der Waals surface area (Å²) in [6.07, 6.45) is 9.80. The monoisotopic (exact) mass is 432 g/mol. The SMILES string of the molecule is CCCSc1nc(NCC(C)C)c2cnn(CCNC(=O)CC3CCCCC3)c2n1. The van der Waals surface area contributed by atoms with Crippen LogP contribution < -0.4 is 10.6 Å². The Morgan fingerprint density at radius 3 is 2.80 bits per heavy atom. The van der Waals surface area contributed by atoms with E-state index in [1.807, 2.05) is 10.9 Å². The molecule has 0 radical (unpaired) electrons. The Hall–Kier alpha value is -1.83. The van der Waals surface area contributed by atoms with Crippen LogP contribution in [0.25, 0.3) is 11.0 Å². The average molecular weight is 433 g/mol. The number of carbonyl (C=O) groups is 1. The third kappa shape index (κ3) is 6.59. The average Bonchev–Trinajstić information content (AvgIpc) is 3.14. The van der Waals surface area contributed by atoms with Crippen molar-refractivity contribution in [1.29, 1.82) is 0 Å². The van der Waals surface area contributed by atoms with Crippen LogP contribution in [0.15, 0.2) is 11.4 Å². The van der Waals surface area contributed by atoms with Crippen LogP contribution in [0.4, 0.5) is 5.82 Å². The van der Waals surface area contributed by atoms with Gasteiger partial charge in [0.1, 0.15) is 5.82 Å². The molecule has 30 heavy (non-hydrogen) atoms. The summed E-state index contributed by atoms with van der Waals surface area (Å²) >= 11 is 1.67. The van der Waals surface area contributed by atoms with Crippen LogP contribution in [0, 0.1) is 11.8 Å². The van der Waals surface area contributed by atoms with E-state index in [2.05, 4.69) is 36.5 Å². The Balaban J connectivity index is 1.64. The molecule has 3 rings (SSSR count). The molecule has 0 spiro atoms. The maximum atomic E-state index is 12.3. The zero-order valence-electron chi connectivity index (χ0n) is 18.6. The molecule has 2 heterocycles. The fraction of sp³-hybridized carbons (Fsp3) is 0.727. The first-order valence-corrected chi connectivity index (χ1v) is 12.4. The van der Waals surface area contributed by atoms with Crippen LogP contribution in [0.1, 0.15) is 65.7 Å². The maximum Gasteiger partial charge on any atom is 0.220 e. The molecule has 7 nitrogen and oxygen atoms in total. The Morgan fingerprint density at radius 2 is 2.07 bits per heavy atom. The van der Waals surface area contributed by atoms with Crippen molar-refractivity contribution >= 4 is 34.5 Å². The summed E-state index contributed by atoms with van der Waals surface area (Å²) in [7, 11) is 0. The van der Waals surface area contributed by atoms with Gasteiger partial charge in [-0.05, 0) is 31.1 Å². The molecule has 1 aliphatic carbocycles. The second-order valence-electron chi connectivity index (χ2n) is 8.64. The van der Waals surface area contributed by atoms with Crippen molar-refractivity contribution in [3.05, 3.63) is 6.20 Å². The van der Waals surface area contributed by atoms with Crippen LogP contribution in [0.2, 0.25) is 0 Å².